The number of rotatable bonds is 28. The van der Waals surface area contributed by atoms with Crippen LogP contribution in [0.15, 0.2) is 70.6 Å². The van der Waals surface area contributed by atoms with Crippen molar-refractivity contribution >= 4 is 59.7 Å². The van der Waals surface area contributed by atoms with Gasteiger partial charge in [-0.1, -0.05) is 88.4 Å². The third-order valence-electron chi connectivity index (χ3n) is 10.3. The molecule has 0 spiro atoms. The van der Waals surface area contributed by atoms with Crippen molar-refractivity contribution in [1.29, 1.82) is 0 Å². The van der Waals surface area contributed by atoms with E-state index in [1.807, 2.05) is 37.3 Å². The molecule has 2 aromatic rings. The fourth-order valence-corrected chi connectivity index (χ4v) is 6.33. The smallest absolute Gasteiger partial charge is 0.243 e. The van der Waals surface area contributed by atoms with E-state index in [1.165, 1.54) is 0 Å². The van der Waals surface area contributed by atoms with Gasteiger partial charge in [0.2, 0.25) is 41.9 Å². The van der Waals surface area contributed by atoms with Crippen LogP contribution in [0, 0.1) is 23.8 Å². The van der Waals surface area contributed by atoms with Gasteiger partial charge in [0.15, 0.2) is 11.9 Å². The molecule has 0 aliphatic rings. The van der Waals surface area contributed by atoms with E-state index in [1.54, 1.807) is 58.0 Å². The molecule has 0 saturated heterocycles. The van der Waals surface area contributed by atoms with Crippen molar-refractivity contribution in [3.8, 4) is 0 Å². The van der Waals surface area contributed by atoms with Crippen LogP contribution in [0.5, 0.6) is 0 Å². The average Bonchev–Trinajstić information content (AvgIpc) is 3.26. The third-order valence-corrected chi connectivity index (χ3v) is 10.3. The second-order valence-electron chi connectivity index (χ2n) is 16.2. The predicted octanol–water partition coefficient (Wildman–Crippen LogP) is -3.08. The van der Waals surface area contributed by atoms with Crippen LogP contribution in [0.3, 0.4) is 0 Å². The Morgan fingerprint density at radius 3 is 1.70 bits per heavy atom. The summed E-state index contributed by atoms with van der Waals surface area (Å²) in [6.07, 6.45) is 0.988. The molecule has 0 aliphatic heterocycles. The molecule has 66 heavy (non-hydrogen) atoms. The van der Waals surface area contributed by atoms with Crippen molar-refractivity contribution in [2.24, 2.45) is 50.2 Å². The van der Waals surface area contributed by atoms with Gasteiger partial charge in [0.05, 0.1) is 19.6 Å². The number of nitrogens with zero attached hydrogens (tertiary/aromatic N) is 2. The van der Waals surface area contributed by atoms with Crippen LogP contribution in [0.1, 0.15) is 52.2 Å². The number of nitrogens with one attached hydrogen (secondary N) is 8. The number of hydrogen-bond donors (Lipinski definition) is 12. The molecule has 0 fully saturated rings. The van der Waals surface area contributed by atoms with E-state index in [2.05, 4.69) is 52.5 Å². The summed E-state index contributed by atoms with van der Waals surface area (Å²) < 4.78 is 0. The van der Waals surface area contributed by atoms with Crippen LogP contribution in [0.25, 0.3) is 0 Å². The number of carbonyl (C=O) groups excluding carboxylic acids is 8. The summed E-state index contributed by atoms with van der Waals surface area (Å²) in [5.41, 5.74) is 22.6. The van der Waals surface area contributed by atoms with Crippen molar-refractivity contribution in [1.82, 2.24) is 42.5 Å². The first-order valence-electron chi connectivity index (χ1n) is 20.9. The van der Waals surface area contributed by atoms with Gasteiger partial charge in [0.25, 0.3) is 0 Å². The zero-order valence-electron chi connectivity index (χ0n) is 38.1. The Labute approximate surface area is 404 Å². The van der Waals surface area contributed by atoms with Gasteiger partial charge in [-0.2, -0.15) is 0 Å². The maximum atomic E-state index is 13.9. The standard InChI is InChI=1S/C43H65N14O8.Sc/c1-26(19-52-41(44)45)16-31(55-33(59)21-48-25-58)38(63)50-24-36(62)57-37(43(4,5)27(2)20-53-42(46)47)40(65)51-23-35(61)56-32(18-30-14-10-7-11-15-30)39(64)49-22-34(60)54-28(3)17-29-12-8-6-9-13-29;/h6-15,23,25-28,31-32,37H,16-22,24H2,1-5H3,(H,48,58)(H,49,64)(H,50,63)(H,51,65)(H,54,60)(H,55,59)(H,56,61)(H,57,62)(H4,44,45,52)(H4,46,47,53);/q-1;. The summed E-state index contributed by atoms with van der Waals surface area (Å²) in [7, 11) is 0. The molecule has 0 saturated carbocycles. The van der Waals surface area contributed by atoms with Crippen LogP contribution < -0.4 is 65.5 Å². The van der Waals surface area contributed by atoms with Crippen molar-refractivity contribution in [3.63, 3.8) is 0 Å². The quantitative estimate of drug-likeness (QED) is 0.0175. The second-order valence-corrected chi connectivity index (χ2v) is 16.2. The molecule has 22 nitrogen and oxygen atoms in total. The molecule has 0 aromatic heterocycles. The van der Waals surface area contributed by atoms with E-state index < -0.39 is 83.9 Å². The molecule has 8 amide bonds. The van der Waals surface area contributed by atoms with Gasteiger partial charge >= 0.3 is 0 Å². The van der Waals surface area contributed by atoms with Crippen LogP contribution in [-0.4, -0.2) is 117 Å². The Morgan fingerprint density at radius 2 is 1.15 bits per heavy atom. The van der Waals surface area contributed by atoms with Gasteiger partial charge in [-0.25, -0.2) is 6.54 Å². The van der Waals surface area contributed by atoms with E-state index in [-0.39, 0.29) is 82.2 Å². The fraction of sp³-hybridized carbons (Fsp3) is 0.465. The minimum absolute atomic E-state index is 0. The van der Waals surface area contributed by atoms with Gasteiger partial charge in [-0.05, 0) is 48.1 Å². The Balaban J connectivity index is 0.0000218. The number of carbonyl (C=O) groups is 8. The first-order valence-corrected chi connectivity index (χ1v) is 20.9. The molecule has 16 N–H and O–H groups in total. The van der Waals surface area contributed by atoms with Gasteiger partial charge in [0, 0.05) is 51.4 Å². The Kier molecular flexibility index (Phi) is 26.0. The van der Waals surface area contributed by atoms with Crippen molar-refractivity contribution in [2.75, 3.05) is 32.7 Å². The molecular formula is C43H65N14O8Sc-. The van der Waals surface area contributed by atoms with Gasteiger partial charge < -0.3 is 70.3 Å². The fourth-order valence-electron chi connectivity index (χ4n) is 6.33. The summed E-state index contributed by atoms with van der Waals surface area (Å²) in [6.45, 7) is 8.21. The van der Waals surface area contributed by atoms with Gasteiger partial charge in [0.1, 0.15) is 24.0 Å². The van der Waals surface area contributed by atoms with Gasteiger partial charge in [-0.15, -0.1) is 0 Å². The topological polar surface area (TPSA) is 362 Å². The SMILES string of the molecule is CC(CN=C(N)N)CC(NC(=O)CNC=O)C(=O)NCC(=O)NC(C(=O)N[CH-]C(=O)NC(Cc1ccccc1)C(=O)NCC(=O)NC(C)Cc1ccccc1)C(C)(C)C(C)CN=C(N)N.[Sc]. The van der Waals surface area contributed by atoms with Crippen LogP contribution in [-0.2, 0) is 77.0 Å². The normalized spacial score (nSPS) is 13.3. The molecule has 23 heteroatoms. The third kappa shape index (κ3) is 22.4. The second kappa shape index (κ2) is 29.8. The van der Waals surface area contributed by atoms with Crippen molar-refractivity contribution in [2.45, 2.75) is 78.0 Å². The molecule has 6 unspecified atom stereocenters. The number of aliphatic imine (C=N–C) groups is 2. The number of nitrogens with two attached hydrogens (primary N) is 4. The van der Waals surface area contributed by atoms with E-state index in [0.717, 1.165) is 12.1 Å². The number of hydrogen-bond acceptors (Lipinski definition) is 10. The molecule has 6 atom stereocenters. The van der Waals surface area contributed by atoms with E-state index in [4.69, 9.17) is 22.9 Å². The molecule has 0 aliphatic carbocycles. The van der Waals surface area contributed by atoms with E-state index in [9.17, 15) is 38.4 Å². The predicted molar refractivity (Wildman–Crippen MR) is 244 cm³/mol. The Morgan fingerprint density at radius 1 is 0.652 bits per heavy atom. The monoisotopic (exact) mass is 950 g/mol. The first kappa shape index (κ1) is 57.5. The van der Waals surface area contributed by atoms with Crippen LogP contribution >= 0.6 is 0 Å². The van der Waals surface area contributed by atoms with Crippen molar-refractivity contribution in [3.05, 3.63) is 78.3 Å². The summed E-state index contributed by atoms with van der Waals surface area (Å²) in [5.74, 6) is -6.19. The van der Waals surface area contributed by atoms with Crippen LogP contribution in [0.2, 0.25) is 0 Å². The molecule has 2 aromatic carbocycles. The minimum atomic E-state index is -1.36. The van der Waals surface area contributed by atoms with E-state index >= 15 is 0 Å². The minimum Gasteiger partial charge on any atom is -0.480 e. The maximum Gasteiger partial charge on any atom is 0.243 e. The summed E-state index contributed by atoms with van der Waals surface area (Å²) in [5, 5.41) is 20.2. The molecule has 0 heterocycles. The maximum absolute atomic E-state index is 13.9. The molecule has 359 valence electrons. The Hall–Kier alpha value is -6.52. The number of guanidine groups is 2. The number of amides is 8. The van der Waals surface area contributed by atoms with Crippen LogP contribution in [0.4, 0.5) is 0 Å². The van der Waals surface area contributed by atoms with E-state index in [0.29, 0.717) is 18.4 Å². The zero-order chi connectivity index (χ0) is 48.5. The molecular weight excluding hydrogens is 886 g/mol. The molecule has 1 radical (unpaired) electrons. The summed E-state index contributed by atoms with van der Waals surface area (Å²) >= 11 is 0. The molecule has 0 bridgehead atoms. The van der Waals surface area contributed by atoms with Crippen molar-refractivity contribution < 1.29 is 64.2 Å². The Bertz CT molecular complexity index is 1960. The zero-order valence-corrected chi connectivity index (χ0v) is 39.9. The average molecular weight is 951 g/mol. The summed E-state index contributed by atoms with van der Waals surface area (Å²) in [6, 6.07) is 14.5. The largest absolute Gasteiger partial charge is 0.480 e. The first-order chi connectivity index (χ1) is 30.7. The summed E-state index contributed by atoms with van der Waals surface area (Å²) in [4.78, 5) is 111. The number of benzene rings is 2. The van der Waals surface area contributed by atoms with Gasteiger partial charge in [-0.3, -0.25) is 43.5 Å². The molecule has 2 rings (SSSR count).